The zero-order valence-corrected chi connectivity index (χ0v) is 7.72. The molecule has 0 saturated carbocycles. The van der Waals surface area contributed by atoms with Gasteiger partial charge in [0.05, 0.1) is 0 Å². The zero-order chi connectivity index (χ0) is 8.97. The Kier molecular flexibility index (Phi) is 3.29. The number of rotatable bonds is 3. The first-order chi connectivity index (χ1) is 5.79. The molecule has 66 valence electrons. The normalized spacial score (nSPS) is 18.9. The van der Waals surface area contributed by atoms with Crippen LogP contribution in [-0.2, 0) is 0 Å². The van der Waals surface area contributed by atoms with Crippen LogP contribution < -0.4 is 0 Å². The molecular formula is C8H12ClN3. The number of nitrogens with zero attached hydrogens (tertiary/aromatic N) is 3. The summed E-state index contributed by atoms with van der Waals surface area (Å²) >= 11 is 5.79. The summed E-state index contributed by atoms with van der Waals surface area (Å²) in [4.78, 5) is 9.53. The summed E-state index contributed by atoms with van der Waals surface area (Å²) < 4.78 is 0. The fraction of sp³-hybridized carbons (Fsp3) is 0.500. The first kappa shape index (κ1) is 9.26. The summed E-state index contributed by atoms with van der Waals surface area (Å²) in [6.45, 7) is 8.77. The smallest absolute Gasteiger partial charge is 0.170 e. The van der Waals surface area contributed by atoms with Gasteiger partial charge in [0.2, 0.25) is 0 Å². The van der Waals surface area contributed by atoms with E-state index >= 15 is 0 Å². The van der Waals surface area contributed by atoms with Crippen molar-refractivity contribution in [2.24, 2.45) is 9.98 Å². The predicted molar refractivity (Wildman–Crippen MR) is 52.8 cm³/mol. The zero-order valence-electron chi connectivity index (χ0n) is 6.96. The summed E-state index contributed by atoms with van der Waals surface area (Å²) in [5.41, 5.74) is 0. The summed E-state index contributed by atoms with van der Waals surface area (Å²) in [7, 11) is 0. The molecule has 1 fully saturated rings. The predicted octanol–water partition coefficient (Wildman–Crippen LogP) is 1.85. The molecule has 4 heteroatoms. The minimum atomic E-state index is 0.340. The summed E-state index contributed by atoms with van der Waals surface area (Å²) in [5, 5.41) is 0.340. The second-order valence-electron chi connectivity index (χ2n) is 2.62. The summed E-state index contributed by atoms with van der Waals surface area (Å²) in [6.07, 6.45) is 2.36. The maximum absolute atomic E-state index is 5.79. The molecule has 1 saturated heterocycles. The van der Waals surface area contributed by atoms with Crippen molar-refractivity contribution in [3.05, 3.63) is 11.0 Å². The highest BCUT2D eigenvalue weighted by molar-refractivity contribution is 6.29. The van der Waals surface area contributed by atoms with E-state index in [0.29, 0.717) is 11.0 Å². The standard InChI is InChI=1S/C8H12ClN3/c1-10-7(9)8(11-2)12-5-3-4-6-12/h1-6H2. The second kappa shape index (κ2) is 4.26. The third-order valence-corrected chi connectivity index (χ3v) is 2.17. The van der Waals surface area contributed by atoms with Gasteiger partial charge in [0, 0.05) is 13.1 Å². The Balaban J connectivity index is 2.79. The van der Waals surface area contributed by atoms with E-state index in [-0.39, 0.29) is 0 Å². The molecule has 0 atom stereocenters. The molecule has 0 aromatic heterocycles. The van der Waals surface area contributed by atoms with Crippen molar-refractivity contribution >= 4 is 25.0 Å². The molecule has 1 aliphatic heterocycles. The fourth-order valence-electron chi connectivity index (χ4n) is 1.30. The van der Waals surface area contributed by atoms with Crippen LogP contribution in [0.2, 0.25) is 0 Å². The Morgan fingerprint density at radius 1 is 1.17 bits per heavy atom. The van der Waals surface area contributed by atoms with E-state index in [0.717, 1.165) is 13.1 Å². The summed E-state index contributed by atoms with van der Waals surface area (Å²) in [6, 6.07) is 0. The van der Waals surface area contributed by atoms with Crippen LogP contribution in [0.1, 0.15) is 12.8 Å². The van der Waals surface area contributed by atoms with Crippen LogP contribution in [0.15, 0.2) is 21.0 Å². The number of halogens is 1. The van der Waals surface area contributed by atoms with Gasteiger partial charge in [0.25, 0.3) is 0 Å². The van der Waals surface area contributed by atoms with Gasteiger partial charge in [-0.3, -0.25) is 0 Å². The van der Waals surface area contributed by atoms with Crippen molar-refractivity contribution in [1.82, 2.24) is 4.90 Å². The molecule has 0 radical (unpaired) electrons. The minimum Gasteiger partial charge on any atom is -0.354 e. The molecule has 0 N–H and O–H groups in total. The largest absolute Gasteiger partial charge is 0.354 e. The monoisotopic (exact) mass is 185 g/mol. The van der Waals surface area contributed by atoms with Gasteiger partial charge in [-0.25, -0.2) is 9.98 Å². The van der Waals surface area contributed by atoms with Gasteiger partial charge in [-0.1, -0.05) is 11.6 Å². The van der Waals surface area contributed by atoms with E-state index in [4.69, 9.17) is 11.6 Å². The average Bonchev–Trinajstić information content (AvgIpc) is 2.58. The Labute approximate surface area is 77.5 Å². The highest BCUT2D eigenvalue weighted by atomic mass is 35.5. The van der Waals surface area contributed by atoms with Gasteiger partial charge in [0.15, 0.2) is 11.0 Å². The second-order valence-corrected chi connectivity index (χ2v) is 2.98. The van der Waals surface area contributed by atoms with E-state index in [1.165, 1.54) is 12.8 Å². The summed E-state index contributed by atoms with van der Waals surface area (Å²) in [5.74, 6) is 0.657. The molecule has 0 aromatic rings. The van der Waals surface area contributed by atoms with Crippen molar-refractivity contribution in [3.63, 3.8) is 0 Å². The molecule has 0 aliphatic carbocycles. The Morgan fingerprint density at radius 2 is 1.75 bits per heavy atom. The van der Waals surface area contributed by atoms with E-state index in [9.17, 15) is 0 Å². The van der Waals surface area contributed by atoms with Gasteiger partial charge in [-0.15, -0.1) is 0 Å². The van der Waals surface area contributed by atoms with Crippen LogP contribution in [0.25, 0.3) is 0 Å². The Morgan fingerprint density at radius 3 is 2.17 bits per heavy atom. The molecule has 3 nitrogen and oxygen atoms in total. The van der Waals surface area contributed by atoms with Gasteiger partial charge in [-0.05, 0) is 26.3 Å². The van der Waals surface area contributed by atoms with Crippen LogP contribution in [0.5, 0.6) is 0 Å². The number of likely N-dealkylation sites (tertiary alicyclic amines) is 1. The van der Waals surface area contributed by atoms with Gasteiger partial charge >= 0.3 is 0 Å². The molecule has 1 aliphatic rings. The average molecular weight is 186 g/mol. The van der Waals surface area contributed by atoms with Gasteiger partial charge in [0.1, 0.15) is 0 Å². The Bertz CT molecular complexity index is 216. The molecule has 1 rings (SSSR count). The molecule has 0 amide bonds. The number of hydrogen-bond donors (Lipinski definition) is 0. The van der Waals surface area contributed by atoms with E-state index < -0.39 is 0 Å². The van der Waals surface area contributed by atoms with Crippen molar-refractivity contribution in [3.8, 4) is 0 Å². The topological polar surface area (TPSA) is 28.0 Å². The van der Waals surface area contributed by atoms with Gasteiger partial charge < -0.3 is 4.90 Å². The number of aliphatic imine (C=N–C) groups is 2. The molecule has 0 bridgehead atoms. The Hall–Kier alpha value is -0.830. The lowest BCUT2D eigenvalue weighted by molar-refractivity contribution is 0.420. The SMILES string of the molecule is C=NC(Cl)=C(N=C)N1CCCC1. The lowest BCUT2D eigenvalue weighted by Gasteiger charge is -2.17. The fourth-order valence-corrected chi connectivity index (χ4v) is 1.47. The van der Waals surface area contributed by atoms with Crippen LogP contribution in [-0.4, -0.2) is 31.4 Å². The minimum absolute atomic E-state index is 0.340. The van der Waals surface area contributed by atoms with E-state index in [1.807, 2.05) is 0 Å². The van der Waals surface area contributed by atoms with Crippen molar-refractivity contribution in [2.45, 2.75) is 12.8 Å². The lowest BCUT2D eigenvalue weighted by Crippen LogP contribution is -2.17. The molecular weight excluding hydrogens is 174 g/mol. The van der Waals surface area contributed by atoms with E-state index in [1.54, 1.807) is 0 Å². The maximum Gasteiger partial charge on any atom is 0.170 e. The first-order valence-corrected chi connectivity index (χ1v) is 4.25. The van der Waals surface area contributed by atoms with Crippen LogP contribution >= 0.6 is 11.6 Å². The molecule has 0 unspecified atom stereocenters. The first-order valence-electron chi connectivity index (χ1n) is 3.87. The van der Waals surface area contributed by atoms with Crippen molar-refractivity contribution in [2.75, 3.05) is 13.1 Å². The molecule has 0 spiro atoms. The van der Waals surface area contributed by atoms with Crippen molar-refractivity contribution < 1.29 is 0 Å². The third-order valence-electron chi connectivity index (χ3n) is 1.88. The molecule has 0 aromatic carbocycles. The van der Waals surface area contributed by atoms with Crippen LogP contribution in [0, 0.1) is 0 Å². The number of hydrogen-bond acceptors (Lipinski definition) is 3. The molecule has 1 heterocycles. The highest BCUT2D eigenvalue weighted by Gasteiger charge is 2.16. The van der Waals surface area contributed by atoms with E-state index in [2.05, 4.69) is 28.3 Å². The highest BCUT2D eigenvalue weighted by Crippen LogP contribution is 2.20. The van der Waals surface area contributed by atoms with Crippen molar-refractivity contribution in [1.29, 1.82) is 0 Å². The van der Waals surface area contributed by atoms with Gasteiger partial charge in [-0.2, -0.15) is 0 Å². The third kappa shape index (κ3) is 1.85. The lowest BCUT2D eigenvalue weighted by atomic mass is 10.4. The molecule has 12 heavy (non-hydrogen) atoms. The quantitative estimate of drug-likeness (QED) is 0.487. The maximum atomic E-state index is 5.79. The van der Waals surface area contributed by atoms with Crippen LogP contribution in [0.4, 0.5) is 0 Å². The van der Waals surface area contributed by atoms with Crippen LogP contribution in [0.3, 0.4) is 0 Å².